The van der Waals surface area contributed by atoms with Crippen LogP contribution < -0.4 is 0 Å². The van der Waals surface area contributed by atoms with E-state index in [4.69, 9.17) is 4.52 Å². The summed E-state index contributed by atoms with van der Waals surface area (Å²) >= 11 is 0. The highest BCUT2D eigenvalue weighted by atomic mass is 31.1. The van der Waals surface area contributed by atoms with Crippen molar-refractivity contribution in [2.45, 2.75) is 58.3 Å². The molecule has 1 aliphatic carbocycles. The van der Waals surface area contributed by atoms with Gasteiger partial charge in [-0.25, -0.2) is 0 Å². The third-order valence-electron chi connectivity index (χ3n) is 2.99. The van der Waals surface area contributed by atoms with Crippen LogP contribution in [-0.2, 0) is 9.32 Å². The quantitative estimate of drug-likeness (QED) is 0.490. The normalized spacial score (nSPS) is 17.7. The topological polar surface area (TPSA) is 26.3 Å². The van der Waals surface area contributed by atoms with Crippen LogP contribution in [0.5, 0.6) is 0 Å². The third kappa shape index (κ3) is 5.51. The molecule has 0 aromatic rings. The first-order chi connectivity index (χ1) is 7.34. The van der Waals surface area contributed by atoms with Crippen molar-refractivity contribution in [2.75, 3.05) is 6.16 Å². The van der Waals surface area contributed by atoms with Crippen LogP contribution >= 0.6 is 8.81 Å². The number of hydrogen-bond acceptors (Lipinski definition) is 2. The van der Waals surface area contributed by atoms with E-state index in [0.29, 0.717) is 8.81 Å². The zero-order valence-electron chi connectivity index (χ0n) is 9.76. The van der Waals surface area contributed by atoms with Crippen LogP contribution in [0.2, 0.25) is 0 Å². The molecule has 2 nitrogen and oxygen atoms in total. The molecule has 1 aliphatic rings. The third-order valence-corrected chi connectivity index (χ3v) is 3.90. The maximum absolute atomic E-state index is 11.5. The van der Waals surface area contributed by atoms with Gasteiger partial charge in [0.2, 0.25) is 0 Å². The Bertz CT molecular complexity index is 176. The summed E-state index contributed by atoms with van der Waals surface area (Å²) in [6, 6.07) is 0. The van der Waals surface area contributed by atoms with Crippen LogP contribution in [0.25, 0.3) is 0 Å². The van der Waals surface area contributed by atoms with E-state index in [-0.39, 0.29) is 11.9 Å². The van der Waals surface area contributed by atoms with Gasteiger partial charge in [-0.1, -0.05) is 39.0 Å². The predicted octanol–water partition coefficient (Wildman–Crippen LogP) is 3.89. The molecule has 0 bridgehead atoms. The summed E-state index contributed by atoms with van der Waals surface area (Å²) in [4.78, 5) is 11.5. The molecular weight excluding hydrogens is 207 g/mol. The van der Waals surface area contributed by atoms with Gasteiger partial charge in [0, 0.05) is 6.16 Å². The fourth-order valence-corrected chi connectivity index (χ4v) is 2.80. The molecule has 0 aliphatic heterocycles. The average Bonchev–Trinajstić information content (AvgIpc) is 2.76. The highest BCUT2D eigenvalue weighted by Gasteiger charge is 2.23. The maximum atomic E-state index is 11.5. The number of hydrogen-bond donors (Lipinski definition) is 0. The summed E-state index contributed by atoms with van der Waals surface area (Å²) in [7, 11) is 0.401. The molecule has 1 atom stereocenters. The lowest BCUT2D eigenvalue weighted by molar-refractivity contribution is -0.137. The van der Waals surface area contributed by atoms with E-state index in [1.165, 1.54) is 38.5 Å². The van der Waals surface area contributed by atoms with Gasteiger partial charge < -0.3 is 4.52 Å². The molecule has 0 spiro atoms. The van der Waals surface area contributed by atoms with Gasteiger partial charge in [0.1, 0.15) is 0 Å². The van der Waals surface area contributed by atoms with Crippen LogP contribution in [0.4, 0.5) is 0 Å². The average molecular weight is 230 g/mol. The summed E-state index contributed by atoms with van der Waals surface area (Å²) in [5, 5.41) is 0. The molecule has 1 unspecified atom stereocenters. The van der Waals surface area contributed by atoms with Crippen LogP contribution in [-0.4, -0.2) is 12.1 Å². The van der Waals surface area contributed by atoms with Gasteiger partial charge in [0.15, 0.2) is 0 Å². The fraction of sp³-hybridized carbons (Fsp3) is 0.917. The Labute approximate surface area is 95.0 Å². The smallest absolute Gasteiger partial charge is 0.311 e. The van der Waals surface area contributed by atoms with Gasteiger partial charge in [-0.05, 0) is 19.3 Å². The van der Waals surface area contributed by atoms with Crippen LogP contribution in [0.15, 0.2) is 0 Å². The molecule has 0 radical (unpaired) electrons. The number of rotatable bonds is 7. The first-order valence-corrected chi connectivity index (χ1v) is 7.39. The van der Waals surface area contributed by atoms with Crippen molar-refractivity contribution in [1.82, 2.24) is 0 Å². The molecule has 0 amide bonds. The van der Waals surface area contributed by atoms with Crippen molar-refractivity contribution in [3.05, 3.63) is 0 Å². The van der Waals surface area contributed by atoms with Gasteiger partial charge in [0.05, 0.1) is 14.7 Å². The molecular formula is C12H23O2P. The number of unbranched alkanes of at least 4 members (excludes halogenated alkanes) is 3. The number of carbonyl (C=O) groups excluding carboxylic acids is 1. The van der Waals surface area contributed by atoms with Gasteiger partial charge in [-0.3, -0.25) is 4.79 Å². The first kappa shape index (κ1) is 13.0. The predicted molar refractivity (Wildman–Crippen MR) is 65.4 cm³/mol. The molecule has 3 heteroatoms. The van der Waals surface area contributed by atoms with Gasteiger partial charge in [-0.15, -0.1) is 0 Å². The van der Waals surface area contributed by atoms with Crippen molar-refractivity contribution < 1.29 is 9.32 Å². The van der Waals surface area contributed by atoms with E-state index < -0.39 is 0 Å². The van der Waals surface area contributed by atoms with Crippen LogP contribution in [0.3, 0.4) is 0 Å². The second-order valence-corrected chi connectivity index (χ2v) is 5.35. The van der Waals surface area contributed by atoms with E-state index in [1.807, 2.05) is 0 Å². The maximum Gasteiger partial charge on any atom is 0.311 e. The minimum Gasteiger partial charge on any atom is -0.448 e. The van der Waals surface area contributed by atoms with Gasteiger partial charge >= 0.3 is 5.97 Å². The minimum atomic E-state index is 0.0707. The molecule has 0 saturated heterocycles. The lowest BCUT2D eigenvalue weighted by atomic mass is 10.1. The highest BCUT2D eigenvalue weighted by molar-refractivity contribution is 7.32. The Morgan fingerprint density at radius 2 is 2.00 bits per heavy atom. The van der Waals surface area contributed by atoms with E-state index >= 15 is 0 Å². The summed E-state index contributed by atoms with van der Waals surface area (Å²) in [6.07, 6.45) is 10.7. The lowest BCUT2D eigenvalue weighted by Gasteiger charge is -2.08. The number of carbonyl (C=O) groups is 1. The summed E-state index contributed by atoms with van der Waals surface area (Å²) in [5.74, 6) is 0.300. The SMILES string of the molecule is CCCCCCPOC(=O)C1CCCC1. The van der Waals surface area contributed by atoms with Crippen LogP contribution in [0, 0.1) is 5.92 Å². The van der Waals surface area contributed by atoms with E-state index in [0.717, 1.165) is 19.0 Å². The van der Waals surface area contributed by atoms with E-state index in [9.17, 15) is 4.79 Å². The second kappa shape index (κ2) is 8.10. The molecule has 1 rings (SSSR count). The molecule has 0 N–H and O–H groups in total. The zero-order chi connectivity index (χ0) is 10.9. The Hall–Kier alpha value is -0.100. The summed E-state index contributed by atoms with van der Waals surface area (Å²) in [6.45, 7) is 2.21. The molecule has 1 saturated carbocycles. The van der Waals surface area contributed by atoms with E-state index in [1.54, 1.807) is 0 Å². The minimum absolute atomic E-state index is 0.0707. The van der Waals surface area contributed by atoms with E-state index in [2.05, 4.69) is 6.92 Å². The van der Waals surface area contributed by atoms with Gasteiger partial charge in [-0.2, -0.15) is 0 Å². The van der Waals surface area contributed by atoms with Gasteiger partial charge in [0.25, 0.3) is 0 Å². The molecule has 0 aromatic heterocycles. The van der Waals surface area contributed by atoms with Crippen molar-refractivity contribution >= 4 is 14.8 Å². The Balaban J connectivity index is 1.92. The molecule has 88 valence electrons. The molecule has 0 aromatic carbocycles. The monoisotopic (exact) mass is 230 g/mol. The Kier molecular flexibility index (Phi) is 7.00. The Morgan fingerprint density at radius 3 is 2.67 bits per heavy atom. The van der Waals surface area contributed by atoms with Crippen molar-refractivity contribution in [3.63, 3.8) is 0 Å². The molecule has 1 fully saturated rings. The molecule has 15 heavy (non-hydrogen) atoms. The van der Waals surface area contributed by atoms with Crippen molar-refractivity contribution in [3.8, 4) is 0 Å². The largest absolute Gasteiger partial charge is 0.448 e. The second-order valence-electron chi connectivity index (χ2n) is 4.36. The summed E-state index contributed by atoms with van der Waals surface area (Å²) in [5.41, 5.74) is 0. The zero-order valence-corrected chi connectivity index (χ0v) is 10.8. The summed E-state index contributed by atoms with van der Waals surface area (Å²) < 4.78 is 5.29. The Morgan fingerprint density at radius 1 is 1.27 bits per heavy atom. The van der Waals surface area contributed by atoms with Crippen molar-refractivity contribution in [2.24, 2.45) is 5.92 Å². The molecule has 0 heterocycles. The standard InChI is InChI=1S/C12H23O2P/c1-2-3-4-7-10-15-14-12(13)11-8-5-6-9-11/h11,15H,2-10H2,1H3. The lowest BCUT2D eigenvalue weighted by Crippen LogP contribution is -2.10. The highest BCUT2D eigenvalue weighted by Crippen LogP contribution is 2.28. The first-order valence-electron chi connectivity index (χ1n) is 6.28. The fourth-order valence-electron chi connectivity index (χ4n) is 1.99. The van der Waals surface area contributed by atoms with Crippen molar-refractivity contribution in [1.29, 1.82) is 0 Å². The van der Waals surface area contributed by atoms with Crippen LogP contribution in [0.1, 0.15) is 58.3 Å².